The molecular weight excluding hydrogens is 429 g/mol. The summed E-state index contributed by atoms with van der Waals surface area (Å²) >= 11 is 0. The summed E-state index contributed by atoms with van der Waals surface area (Å²) in [6.45, 7) is 1.55. The summed E-state index contributed by atoms with van der Waals surface area (Å²) < 4.78 is 68.6. The minimum atomic E-state index is -5.02. The third-order valence-electron chi connectivity index (χ3n) is 4.68. The van der Waals surface area contributed by atoms with Crippen molar-refractivity contribution in [3.8, 4) is 5.75 Å². The molecule has 2 aromatic carbocycles. The topological polar surface area (TPSA) is 74.3 Å². The average Bonchev–Trinajstić information content (AvgIpc) is 2.70. The second-order valence-corrected chi connectivity index (χ2v) is 6.76. The summed E-state index contributed by atoms with van der Waals surface area (Å²) in [6.07, 6.45) is -5.02. The van der Waals surface area contributed by atoms with Gasteiger partial charge in [-0.2, -0.15) is 0 Å². The number of benzene rings is 2. The van der Waals surface area contributed by atoms with Crippen LogP contribution in [0.15, 0.2) is 36.4 Å². The number of anilines is 1. The first-order valence-corrected chi connectivity index (χ1v) is 9.08. The summed E-state index contributed by atoms with van der Waals surface area (Å²) in [5.74, 6) is -2.59. The van der Waals surface area contributed by atoms with E-state index in [0.717, 1.165) is 18.2 Å². The molecule has 0 bridgehead atoms. The van der Waals surface area contributed by atoms with E-state index in [4.69, 9.17) is 5.26 Å². The molecule has 3 rings (SSSR count). The van der Waals surface area contributed by atoms with Crippen molar-refractivity contribution in [1.82, 2.24) is 9.80 Å². The molecular formula is C19H18F5N3O4. The standard InChI is InChI=1S/C19H18F5N3O4/c20-14-3-1-13(15(21)10-14)11-26-5-7-27(8-6-26)18(28)12-2-4-16(25-31-29)17(9-12)30-19(22,23)24/h1-4,9-10,25,29H,5-8,11H2. The third kappa shape index (κ3) is 6.03. The lowest BCUT2D eigenvalue weighted by molar-refractivity contribution is -0.274. The molecule has 1 saturated heterocycles. The van der Waals surface area contributed by atoms with Gasteiger partial charge in [0, 0.05) is 49.9 Å². The van der Waals surface area contributed by atoms with Gasteiger partial charge in [-0.1, -0.05) is 6.07 Å². The van der Waals surface area contributed by atoms with Crippen LogP contribution >= 0.6 is 0 Å². The second-order valence-electron chi connectivity index (χ2n) is 6.76. The molecule has 12 heteroatoms. The lowest BCUT2D eigenvalue weighted by Gasteiger charge is -2.35. The van der Waals surface area contributed by atoms with Crippen LogP contribution in [0.4, 0.5) is 27.6 Å². The van der Waals surface area contributed by atoms with Crippen molar-refractivity contribution in [2.45, 2.75) is 12.9 Å². The SMILES string of the molecule is O=C(c1ccc(NOO)c(OC(F)(F)F)c1)N1CCN(Cc2ccc(F)cc2F)CC1. The molecule has 1 fully saturated rings. The molecule has 2 aromatic rings. The van der Waals surface area contributed by atoms with Gasteiger partial charge in [0.2, 0.25) is 0 Å². The average molecular weight is 447 g/mol. The number of nitrogens with zero attached hydrogens (tertiary/aromatic N) is 2. The highest BCUT2D eigenvalue weighted by Crippen LogP contribution is 2.32. The summed E-state index contributed by atoms with van der Waals surface area (Å²) in [6, 6.07) is 6.56. The number of carbonyl (C=O) groups is 1. The van der Waals surface area contributed by atoms with Crippen LogP contribution in [0.25, 0.3) is 0 Å². The van der Waals surface area contributed by atoms with Crippen LogP contribution in [0.3, 0.4) is 0 Å². The van der Waals surface area contributed by atoms with Crippen LogP contribution in [-0.4, -0.2) is 53.5 Å². The molecule has 1 heterocycles. The molecule has 0 saturated carbocycles. The molecule has 0 radical (unpaired) electrons. The highest BCUT2D eigenvalue weighted by molar-refractivity contribution is 5.95. The smallest absolute Gasteiger partial charge is 0.403 e. The molecule has 2 N–H and O–H groups in total. The van der Waals surface area contributed by atoms with Gasteiger partial charge in [0.05, 0.1) is 0 Å². The van der Waals surface area contributed by atoms with Crippen LogP contribution in [0, 0.1) is 11.6 Å². The number of alkyl halides is 3. The van der Waals surface area contributed by atoms with Gasteiger partial charge in [0.15, 0.2) is 5.75 Å². The van der Waals surface area contributed by atoms with E-state index in [2.05, 4.69) is 9.73 Å². The third-order valence-corrected chi connectivity index (χ3v) is 4.68. The fourth-order valence-corrected chi connectivity index (χ4v) is 3.18. The van der Waals surface area contributed by atoms with E-state index in [-0.39, 0.29) is 30.9 Å². The van der Waals surface area contributed by atoms with Crippen LogP contribution in [0.2, 0.25) is 0 Å². The zero-order valence-corrected chi connectivity index (χ0v) is 16.0. The Bertz CT molecular complexity index is 933. The Hall–Kier alpha value is -2.96. The van der Waals surface area contributed by atoms with Crippen molar-refractivity contribution >= 4 is 11.6 Å². The van der Waals surface area contributed by atoms with E-state index in [1.54, 1.807) is 0 Å². The van der Waals surface area contributed by atoms with Gasteiger partial charge in [-0.25, -0.2) is 19.5 Å². The fraction of sp³-hybridized carbons (Fsp3) is 0.316. The first-order valence-electron chi connectivity index (χ1n) is 9.08. The van der Waals surface area contributed by atoms with Crippen LogP contribution in [-0.2, 0) is 11.5 Å². The Morgan fingerprint density at radius 1 is 1.06 bits per heavy atom. The zero-order valence-electron chi connectivity index (χ0n) is 16.0. The highest BCUT2D eigenvalue weighted by Gasteiger charge is 2.33. The molecule has 0 unspecified atom stereocenters. The van der Waals surface area contributed by atoms with E-state index in [0.29, 0.717) is 18.7 Å². The summed E-state index contributed by atoms with van der Waals surface area (Å²) in [5.41, 5.74) is 1.76. The fourth-order valence-electron chi connectivity index (χ4n) is 3.18. The lowest BCUT2D eigenvalue weighted by atomic mass is 10.1. The normalized spacial score (nSPS) is 15.1. The number of hydrogen-bond donors (Lipinski definition) is 2. The van der Waals surface area contributed by atoms with E-state index in [9.17, 15) is 26.7 Å². The minimum absolute atomic E-state index is 0.0548. The number of piperazine rings is 1. The van der Waals surface area contributed by atoms with Gasteiger partial charge in [-0.3, -0.25) is 9.69 Å². The second kappa shape index (κ2) is 9.45. The lowest BCUT2D eigenvalue weighted by Crippen LogP contribution is -2.48. The molecule has 0 aliphatic carbocycles. The van der Waals surface area contributed by atoms with E-state index in [1.807, 2.05) is 10.4 Å². The van der Waals surface area contributed by atoms with Gasteiger partial charge in [0.1, 0.15) is 17.3 Å². The molecule has 1 aliphatic rings. The van der Waals surface area contributed by atoms with Gasteiger partial charge in [-0.05, 0) is 24.3 Å². The van der Waals surface area contributed by atoms with Crippen LogP contribution in [0.1, 0.15) is 15.9 Å². The van der Waals surface area contributed by atoms with Gasteiger partial charge >= 0.3 is 6.36 Å². The molecule has 168 valence electrons. The van der Waals surface area contributed by atoms with Crippen molar-refractivity contribution < 1.29 is 41.7 Å². The van der Waals surface area contributed by atoms with Crippen molar-refractivity contribution in [3.63, 3.8) is 0 Å². The number of halogens is 5. The monoisotopic (exact) mass is 447 g/mol. The summed E-state index contributed by atoms with van der Waals surface area (Å²) in [7, 11) is 0. The summed E-state index contributed by atoms with van der Waals surface area (Å²) in [4.78, 5) is 19.7. The van der Waals surface area contributed by atoms with Crippen molar-refractivity contribution in [2.24, 2.45) is 0 Å². The zero-order chi connectivity index (χ0) is 22.6. The molecule has 0 atom stereocenters. The Morgan fingerprint density at radius 3 is 2.39 bits per heavy atom. The van der Waals surface area contributed by atoms with E-state index in [1.165, 1.54) is 23.1 Å². The quantitative estimate of drug-likeness (QED) is 0.400. The molecule has 7 nitrogen and oxygen atoms in total. The number of carbonyl (C=O) groups excluding carboxylic acids is 1. The largest absolute Gasteiger partial charge is 0.573 e. The van der Waals surface area contributed by atoms with Crippen LogP contribution < -0.4 is 10.2 Å². The maximum absolute atomic E-state index is 13.8. The predicted molar refractivity (Wildman–Crippen MR) is 98.0 cm³/mol. The molecule has 1 amide bonds. The highest BCUT2D eigenvalue weighted by atomic mass is 19.4. The number of nitrogens with one attached hydrogen (secondary N) is 1. The maximum atomic E-state index is 13.8. The number of rotatable bonds is 6. The number of ether oxygens (including phenoxy) is 1. The van der Waals surface area contributed by atoms with Crippen molar-refractivity contribution in [3.05, 3.63) is 59.2 Å². The molecule has 0 aromatic heterocycles. The van der Waals surface area contributed by atoms with Crippen molar-refractivity contribution in [2.75, 3.05) is 31.7 Å². The Kier molecular flexibility index (Phi) is 6.93. The minimum Gasteiger partial charge on any atom is -0.403 e. The van der Waals surface area contributed by atoms with Gasteiger partial charge in [0.25, 0.3) is 5.91 Å². The maximum Gasteiger partial charge on any atom is 0.573 e. The van der Waals surface area contributed by atoms with E-state index < -0.39 is 29.7 Å². The van der Waals surface area contributed by atoms with Gasteiger partial charge in [-0.15, -0.1) is 18.2 Å². The Balaban J connectivity index is 1.65. The first-order chi connectivity index (χ1) is 14.7. The molecule has 0 spiro atoms. The predicted octanol–water partition coefficient (Wildman–Crippen LogP) is 3.64. The van der Waals surface area contributed by atoms with Crippen molar-refractivity contribution in [1.29, 1.82) is 0 Å². The molecule has 1 aliphatic heterocycles. The number of amides is 1. The summed E-state index contributed by atoms with van der Waals surface area (Å²) in [5, 5.41) is 8.42. The van der Waals surface area contributed by atoms with E-state index >= 15 is 0 Å². The molecule has 31 heavy (non-hydrogen) atoms. The Labute approximate surface area is 173 Å². The van der Waals surface area contributed by atoms with Gasteiger partial charge < -0.3 is 9.64 Å². The van der Waals surface area contributed by atoms with Crippen LogP contribution in [0.5, 0.6) is 5.75 Å². The number of hydrogen-bond acceptors (Lipinski definition) is 6. The Morgan fingerprint density at radius 2 is 1.77 bits per heavy atom. The first kappa shape index (κ1) is 22.7.